The summed E-state index contributed by atoms with van der Waals surface area (Å²) >= 11 is 3.16. The Morgan fingerprint density at radius 1 is 1.44 bits per heavy atom. The molecule has 0 spiro atoms. The van der Waals surface area contributed by atoms with E-state index in [4.69, 9.17) is 9.15 Å². The minimum absolute atomic E-state index is 0.0550. The van der Waals surface area contributed by atoms with E-state index in [1.54, 1.807) is 13.0 Å². The summed E-state index contributed by atoms with van der Waals surface area (Å²) in [7, 11) is 0. The van der Waals surface area contributed by atoms with Crippen molar-refractivity contribution in [1.29, 1.82) is 0 Å². The Morgan fingerprint density at radius 3 is 2.88 bits per heavy atom. The maximum Gasteiger partial charge on any atom is 0.253 e. The van der Waals surface area contributed by atoms with Gasteiger partial charge >= 0.3 is 0 Å². The number of rotatable bonds is 3. The van der Waals surface area contributed by atoms with Crippen LogP contribution in [0.15, 0.2) is 27.1 Å². The van der Waals surface area contributed by atoms with Gasteiger partial charge in [-0.05, 0) is 18.2 Å². The highest BCUT2D eigenvalue weighted by Crippen LogP contribution is 2.22. The fourth-order valence-electron chi connectivity index (χ4n) is 1.13. The number of hydrogen-bond acceptors (Lipinski definition) is 4. The molecule has 2 rings (SSSR count). The van der Waals surface area contributed by atoms with Crippen LogP contribution in [-0.4, -0.2) is 10.2 Å². The van der Waals surface area contributed by atoms with Gasteiger partial charge in [0.15, 0.2) is 18.2 Å². The molecular formula is C10H8BrFN2O2. The molecule has 0 aliphatic carbocycles. The molecule has 1 aromatic carbocycles. The lowest BCUT2D eigenvalue weighted by atomic mass is 10.3. The second kappa shape index (κ2) is 4.61. The topological polar surface area (TPSA) is 48.2 Å². The number of nitrogens with zero attached hydrogens (tertiary/aromatic N) is 2. The molecule has 84 valence electrons. The maximum absolute atomic E-state index is 13.3. The summed E-state index contributed by atoms with van der Waals surface area (Å²) in [5.41, 5.74) is 0. The number of hydrogen-bond donors (Lipinski definition) is 0. The molecule has 1 aromatic heterocycles. The minimum atomic E-state index is -0.439. The van der Waals surface area contributed by atoms with Gasteiger partial charge in [0.2, 0.25) is 5.89 Å². The van der Waals surface area contributed by atoms with Gasteiger partial charge in [-0.15, -0.1) is 10.2 Å². The molecule has 1 heterocycles. The second-order valence-corrected chi connectivity index (χ2v) is 3.99. The molecule has 0 saturated carbocycles. The SMILES string of the molecule is Cc1nnc(COc2ccc(Br)cc2F)o1. The molecule has 0 bridgehead atoms. The Kier molecular flexibility index (Phi) is 3.19. The molecule has 0 radical (unpaired) electrons. The minimum Gasteiger partial charge on any atom is -0.481 e. The zero-order chi connectivity index (χ0) is 11.5. The smallest absolute Gasteiger partial charge is 0.253 e. The van der Waals surface area contributed by atoms with Crippen LogP contribution in [0.3, 0.4) is 0 Å². The predicted molar refractivity (Wildman–Crippen MR) is 57.5 cm³/mol. The zero-order valence-electron chi connectivity index (χ0n) is 8.41. The first-order valence-corrected chi connectivity index (χ1v) is 5.31. The quantitative estimate of drug-likeness (QED) is 0.871. The van der Waals surface area contributed by atoms with Gasteiger partial charge in [0.1, 0.15) is 0 Å². The van der Waals surface area contributed by atoms with Crippen molar-refractivity contribution in [2.24, 2.45) is 0 Å². The van der Waals surface area contributed by atoms with Crippen LogP contribution in [0.5, 0.6) is 5.75 Å². The Hall–Kier alpha value is -1.43. The van der Waals surface area contributed by atoms with Crippen LogP contribution in [0.1, 0.15) is 11.8 Å². The predicted octanol–water partition coefficient (Wildman–Crippen LogP) is 2.86. The van der Waals surface area contributed by atoms with Gasteiger partial charge in [0.25, 0.3) is 5.89 Å². The molecule has 0 unspecified atom stereocenters. The van der Waals surface area contributed by atoms with E-state index < -0.39 is 5.82 Å². The number of ether oxygens (including phenoxy) is 1. The largest absolute Gasteiger partial charge is 0.481 e. The molecule has 0 N–H and O–H groups in total. The van der Waals surface area contributed by atoms with Crippen molar-refractivity contribution < 1.29 is 13.5 Å². The standard InChI is InChI=1S/C10H8BrFN2O2/c1-6-13-14-10(16-6)5-15-9-3-2-7(11)4-8(9)12/h2-4H,5H2,1H3. The highest BCUT2D eigenvalue weighted by atomic mass is 79.9. The van der Waals surface area contributed by atoms with E-state index in [1.165, 1.54) is 12.1 Å². The van der Waals surface area contributed by atoms with E-state index in [0.717, 1.165) is 0 Å². The first-order valence-electron chi connectivity index (χ1n) is 4.52. The van der Waals surface area contributed by atoms with E-state index in [2.05, 4.69) is 26.1 Å². The lowest BCUT2D eigenvalue weighted by molar-refractivity contribution is 0.249. The van der Waals surface area contributed by atoms with E-state index in [9.17, 15) is 4.39 Å². The molecule has 6 heteroatoms. The monoisotopic (exact) mass is 286 g/mol. The lowest BCUT2D eigenvalue weighted by Gasteiger charge is -2.04. The summed E-state index contributed by atoms with van der Waals surface area (Å²) in [5.74, 6) is 0.486. The average Bonchev–Trinajstić information content (AvgIpc) is 2.63. The fraction of sp³-hybridized carbons (Fsp3) is 0.200. The van der Waals surface area contributed by atoms with Crippen LogP contribution in [0.2, 0.25) is 0 Å². The molecule has 0 aliphatic rings. The van der Waals surface area contributed by atoms with Gasteiger partial charge in [-0.3, -0.25) is 0 Å². The second-order valence-electron chi connectivity index (χ2n) is 3.08. The Balaban J connectivity index is 2.04. The summed E-state index contributed by atoms with van der Waals surface area (Å²) in [4.78, 5) is 0. The first kappa shape index (κ1) is 11.1. The number of aryl methyl sites for hydroxylation is 1. The van der Waals surface area contributed by atoms with Gasteiger partial charge in [0.05, 0.1) is 0 Å². The highest BCUT2D eigenvalue weighted by molar-refractivity contribution is 9.10. The average molecular weight is 287 g/mol. The Bertz CT molecular complexity index is 501. The Morgan fingerprint density at radius 2 is 2.25 bits per heavy atom. The van der Waals surface area contributed by atoms with Gasteiger partial charge in [-0.25, -0.2) is 4.39 Å². The van der Waals surface area contributed by atoms with E-state index >= 15 is 0 Å². The number of aromatic nitrogens is 2. The van der Waals surface area contributed by atoms with Crippen molar-refractivity contribution in [2.75, 3.05) is 0 Å². The third-order valence-electron chi connectivity index (χ3n) is 1.81. The van der Waals surface area contributed by atoms with Gasteiger partial charge in [0, 0.05) is 11.4 Å². The van der Waals surface area contributed by atoms with Gasteiger partial charge in [-0.2, -0.15) is 0 Å². The zero-order valence-corrected chi connectivity index (χ0v) is 9.99. The first-order chi connectivity index (χ1) is 7.65. The molecule has 4 nitrogen and oxygen atoms in total. The van der Waals surface area contributed by atoms with Crippen molar-refractivity contribution in [1.82, 2.24) is 10.2 Å². The van der Waals surface area contributed by atoms with Crippen LogP contribution < -0.4 is 4.74 Å². The van der Waals surface area contributed by atoms with Crippen molar-refractivity contribution in [2.45, 2.75) is 13.5 Å². The molecule has 0 atom stereocenters. The van der Waals surface area contributed by atoms with Crippen LogP contribution in [-0.2, 0) is 6.61 Å². The van der Waals surface area contributed by atoms with E-state index in [0.29, 0.717) is 16.3 Å². The number of benzene rings is 1. The van der Waals surface area contributed by atoms with Crippen molar-refractivity contribution in [3.05, 3.63) is 40.3 Å². The summed E-state index contributed by atoms with van der Waals surface area (Å²) in [6.45, 7) is 1.73. The molecule has 0 saturated heterocycles. The van der Waals surface area contributed by atoms with Crippen molar-refractivity contribution in [3.8, 4) is 5.75 Å². The summed E-state index contributed by atoms with van der Waals surface area (Å²) in [5, 5.41) is 7.37. The van der Waals surface area contributed by atoms with Gasteiger partial charge in [-0.1, -0.05) is 15.9 Å². The Labute approximate surface area is 99.6 Å². The fourth-order valence-corrected chi connectivity index (χ4v) is 1.46. The molecule has 2 aromatic rings. The van der Waals surface area contributed by atoms with Crippen molar-refractivity contribution >= 4 is 15.9 Å². The summed E-state index contributed by atoms with van der Waals surface area (Å²) in [6, 6.07) is 4.55. The number of halogens is 2. The van der Waals surface area contributed by atoms with Crippen LogP contribution in [0, 0.1) is 12.7 Å². The van der Waals surface area contributed by atoms with Crippen LogP contribution in [0.25, 0.3) is 0 Å². The molecule has 0 amide bonds. The van der Waals surface area contributed by atoms with E-state index in [-0.39, 0.29) is 12.4 Å². The highest BCUT2D eigenvalue weighted by Gasteiger charge is 2.07. The molecular weight excluding hydrogens is 279 g/mol. The van der Waals surface area contributed by atoms with Crippen LogP contribution in [0.4, 0.5) is 4.39 Å². The molecule has 0 aliphatic heterocycles. The van der Waals surface area contributed by atoms with Crippen LogP contribution >= 0.6 is 15.9 Å². The maximum atomic E-state index is 13.3. The summed E-state index contributed by atoms with van der Waals surface area (Å²) < 4.78 is 24.3. The molecule has 16 heavy (non-hydrogen) atoms. The normalized spacial score (nSPS) is 10.4. The van der Waals surface area contributed by atoms with Gasteiger partial charge < -0.3 is 9.15 Å². The third-order valence-corrected chi connectivity index (χ3v) is 2.31. The van der Waals surface area contributed by atoms with Crippen molar-refractivity contribution in [3.63, 3.8) is 0 Å². The summed E-state index contributed by atoms with van der Waals surface area (Å²) in [6.07, 6.45) is 0. The van der Waals surface area contributed by atoms with E-state index in [1.807, 2.05) is 0 Å². The lowest BCUT2D eigenvalue weighted by Crippen LogP contribution is -1.97. The molecule has 0 fully saturated rings. The third kappa shape index (κ3) is 2.57.